The molecule has 1 aromatic heterocycles. The summed E-state index contributed by atoms with van der Waals surface area (Å²) >= 11 is 0. The van der Waals surface area contributed by atoms with Crippen LogP contribution in [-0.2, 0) is 4.79 Å². The number of ether oxygens (including phenoxy) is 1. The molecule has 140 valence electrons. The first-order valence-corrected chi connectivity index (χ1v) is 8.81. The van der Waals surface area contributed by atoms with Gasteiger partial charge in [-0.25, -0.2) is 4.98 Å². The van der Waals surface area contributed by atoms with Crippen molar-refractivity contribution in [2.24, 2.45) is 0 Å². The number of amides is 2. The summed E-state index contributed by atoms with van der Waals surface area (Å²) in [7, 11) is 1.54. The number of methoxy groups -OCH3 is 1. The Morgan fingerprint density at radius 3 is 2.74 bits per heavy atom. The van der Waals surface area contributed by atoms with Crippen molar-refractivity contribution in [2.45, 2.75) is 25.8 Å². The van der Waals surface area contributed by atoms with E-state index in [1.54, 1.807) is 24.3 Å². The average Bonchev–Trinajstić information content (AvgIpc) is 3.09. The second-order valence-electron chi connectivity index (χ2n) is 6.14. The molecule has 1 heterocycles. The maximum atomic E-state index is 12.7. The molecule has 1 atom stereocenters. The second kappa shape index (κ2) is 8.35. The van der Waals surface area contributed by atoms with Crippen LogP contribution in [0.4, 0.5) is 5.95 Å². The molecule has 0 spiro atoms. The summed E-state index contributed by atoms with van der Waals surface area (Å²) in [4.78, 5) is 32.6. The number of H-pyrrole nitrogens is 1. The fourth-order valence-electron chi connectivity index (χ4n) is 2.78. The summed E-state index contributed by atoms with van der Waals surface area (Å²) in [6.45, 7) is 1.96. The molecule has 0 bridgehead atoms. The summed E-state index contributed by atoms with van der Waals surface area (Å²) in [5, 5.41) is 5.54. The molecular weight excluding hydrogens is 344 g/mol. The lowest BCUT2D eigenvalue weighted by molar-refractivity contribution is -0.118. The number of rotatable bonds is 7. The van der Waals surface area contributed by atoms with E-state index in [2.05, 4.69) is 20.6 Å². The Hall–Kier alpha value is -3.35. The number of para-hydroxylation sites is 2. The number of fused-ring (bicyclic) bond motifs is 1. The van der Waals surface area contributed by atoms with Crippen LogP contribution in [0.2, 0.25) is 0 Å². The van der Waals surface area contributed by atoms with Crippen LogP contribution in [0.25, 0.3) is 11.0 Å². The molecule has 2 aromatic carbocycles. The zero-order chi connectivity index (χ0) is 19.2. The molecule has 7 heteroatoms. The molecule has 1 unspecified atom stereocenters. The van der Waals surface area contributed by atoms with Crippen molar-refractivity contribution in [2.75, 3.05) is 12.4 Å². The van der Waals surface area contributed by atoms with E-state index < -0.39 is 6.04 Å². The van der Waals surface area contributed by atoms with Gasteiger partial charge in [0.15, 0.2) is 0 Å². The van der Waals surface area contributed by atoms with E-state index in [9.17, 15) is 9.59 Å². The van der Waals surface area contributed by atoms with Crippen molar-refractivity contribution in [3.05, 3.63) is 54.1 Å². The van der Waals surface area contributed by atoms with Gasteiger partial charge in [-0.2, -0.15) is 0 Å². The van der Waals surface area contributed by atoms with Gasteiger partial charge in [-0.1, -0.05) is 31.5 Å². The number of imidazole rings is 1. The SMILES string of the molecule is CCCC(NC(=O)c1cccc(OC)c1)C(=O)Nc1nc2ccccc2[nH]1. The first-order valence-electron chi connectivity index (χ1n) is 8.81. The number of hydrogen-bond acceptors (Lipinski definition) is 4. The van der Waals surface area contributed by atoms with E-state index in [0.717, 1.165) is 17.5 Å². The first kappa shape index (κ1) is 18.4. The summed E-state index contributed by atoms with van der Waals surface area (Å²) in [5.74, 6) is 0.304. The summed E-state index contributed by atoms with van der Waals surface area (Å²) in [6, 6.07) is 13.6. The van der Waals surface area contributed by atoms with E-state index in [-0.39, 0.29) is 11.8 Å². The quantitative estimate of drug-likeness (QED) is 0.599. The molecule has 3 aromatic rings. The number of anilines is 1. The minimum absolute atomic E-state index is 0.313. The van der Waals surface area contributed by atoms with Crippen molar-refractivity contribution < 1.29 is 14.3 Å². The fourth-order valence-corrected chi connectivity index (χ4v) is 2.78. The van der Waals surface area contributed by atoms with E-state index in [0.29, 0.717) is 23.7 Å². The number of aromatic amines is 1. The topological polar surface area (TPSA) is 96.1 Å². The standard InChI is InChI=1S/C20H22N4O3/c1-3-7-17(21-18(25)13-8-6-9-14(12-13)27-2)19(26)24-20-22-15-10-4-5-11-16(15)23-20/h4-6,8-12,17H,3,7H2,1-2H3,(H,21,25)(H2,22,23,24,26). The van der Waals surface area contributed by atoms with Gasteiger partial charge in [-0.3, -0.25) is 14.9 Å². The Morgan fingerprint density at radius 2 is 2.00 bits per heavy atom. The highest BCUT2D eigenvalue weighted by molar-refractivity contribution is 6.01. The van der Waals surface area contributed by atoms with Crippen LogP contribution in [0.1, 0.15) is 30.1 Å². The molecule has 27 heavy (non-hydrogen) atoms. The zero-order valence-corrected chi connectivity index (χ0v) is 15.3. The van der Waals surface area contributed by atoms with Crippen LogP contribution >= 0.6 is 0 Å². The Balaban J connectivity index is 1.71. The molecular formula is C20H22N4O3. The van der Waals surface area contributed by atoms with Crippen molar-refractivity contribution in [1.29, 1.82) is 0 Å². The lowest BCUT2D eigenvalue weighted by Crippen LogP contribution is -2.43. The van der Waals surface area contributed by atoms with Gasteiger partial charge in [-0.15, -0.1) is 0 Å². The predicted molar refractivity (Wildman–Crippen MR) is 104 cm³/mol. The van der Waals surface area contributed by atoms with Gasteiger partial charge in [0, 0.05) is 5.56 Å². The third-order valence-electron chi connectivity index (χ3n) is 4.16. The molecule has 0 fully saturated rings. The number of nitrogens with zero attached hydrogens (tertiary/aromatic N) is 1. The number of carbonyl (C=O) groups is 2. The smallest absolute Gasteiger partial charge is 0.252 e. The van der Waals surface area contributed by atoms with Crippen LogP contribution < -0.4 is 15.4 Å². The minimum Gasteiger partial charge on any atom is -0.497 e. The molecule has 0 aliphatic heterocycles. The van der Waals surface area contributed by atoms with Crippen molar-refractivity contribution in [3.8, 4) is 5.75 Å². The lowest BCUT2D eigenvalue weighted by atomic mass is 10.1. The van der Waals surface area contributed by atoms with Crippen LogP contribution in [0.15, 0.2) is 48.5 Å². The van der Waals surface area contributed by atoms with Crippen molar-refractivity contribution in [3.63, 3.8) is 0 Å². The van der Waals surface area contributed by atoms with Crippen LogP contribution in [0.3, 0.4) is 0 Å². The van der Waals surface area contributed by atoms with Crippen molar-refractivity contribution >= 4 is 28.8 Å². The van der Waals surface area contributed by atoms with Gasteiger partial charge in [-0.05, 0) is 36.8 Å². The van der Waals surface area contributed by atoms with Gasteiger partial charge < -0.3 is 15.0 Å². The van der Waals surface area contributed by atoms with E-state index in [4.69, 9.17) is 4.74 Å². The largest absolute Gasteiger partial charge is 0.497 e. The number of nitrogens with one attached hydrogen (secondary N) is 3. The lowest BCUT2D eigenvalue weighted by Gasteiger charge is -2.17. The third kappa shape index (κ3) is 4.44. The molecule has 3 rings (SSSR count). The maximum absolute atomic E-state index is 12.7. The average molecular weight is 366 g/mol. The van der Waals surface area contributed by atoms with E-state index >= 15 is 0 Å². The Morgan fingerprint density at radius 1 is 1.19 bits per heavy atom. The van der Waals surface area contributed by atoms with Crippen molar-refractivity contribution in [1.82, 2.24) is 15.3 Å². The van der Waals surface area contributed by atoms with Gasteiger partial charge in [0.05, 0.1) is 18.1 Å². The van der Waals surface area contributed by atoms with Crippen LogP contribution in [-0.4, -0.2) is 34.9 Å². The van der Waals surface area contributed by atoms with E-state index in [1.165, 1.54) is 7.11 Å². The van der Waals surface area contributed by atoms with Gasteiger partial charge in [0.25, 0.3) is 5.91 Å². The Labute approximate surface area is 157 Å². The number of aromatic nitrogens is 2. The number of carbonyl (C=O) groups excluding carboxylic acids is 2. The number of hydrogen-bond donors (Lipinski definition) is 3. The van der Waals surface area contributed by atoms with Gasteiger partial charge >= 0.3 is 0 Å². The monoisotopic (exact) mass is 366 g/mol. The van der Waals surface area contributed by atoms with E-state index in [1.807, 2.05) is 31.2 Å². The molecule has 3 N–H and O–H groups in total. The van der Waals surface area contributed by atoms with Crippen LogP contribution in [0.5, 0.6) is 5.75 Å². The molecule has 0 aliphatic carbocycles. The van der Waals surface area contributed by atoms with Gasteiger partial charge in [0.1, 0.15) is 11.8 Å². The number of benzene rings is 2. The first-order chi connectivity index (χ1) is 13.1. The third-order valence-corrected chi connectivity index (χ3v) is 4.16. The molecule has 7 nitrogen and oxygen atoms in total. The summed E-state index contributed by atoms with van der Waals surface area (Å²) in [5.41, 5.74) is 2.03. The second-order valence-corrected chi connectivity index (χ2v) is 6.14. The molecule has 2 amide bonds. The summed E-state index contributed by atoms with van der Waals surface area (Å²) < 4.78 is 5.14. The molecule has 0 saturated heterocycles. The molecule has 0 radical (unpaired) electrons. The highest BCUT2D eigenvalue weighted by Gasteiger charge is 2.22. The van der Waals surface area contributed by atoms with Gasteiger partial charge in [0.2, 0.25) is 11.9 Å². The normalized spacial score (nSPS) is 11.8. The Bertz CT molecular complexity index is 918. The summed E-state index contributed by atoms with van der Waals surface area (Å²) in [6.07, 6.45) is 1.26. The molecule has 0 aliphatic rings. The minimum atomic E-state index is -0.665. The predicted octanol–water partition coefficient (Wildman–Crippen LogP) is 3.11. The Kier molecular flexibility index (Phi) is 5.71. The molecule has 0 saturated carbocycles. The van der Waals surface area contributed by atoms with Crippen LogP contribution in [0, 0.1) is 0 Å². The fraction of sp³-hybridized carbons (Fsp3) is 0.250. The maximum Gasteiger partial charge on any atom is 0.252 e. The highest BCUT2D eigenvalue weighted by atomic mass is 16.5. The highest BCUT2D eigenvalue weighted by Crippen LogP contribution is 2.15. The zero-order valence-electron chi connectivity index (χ0n) is 15.3.